The predicted octanol–water partition coefficient (Wildman–Crippen LogP) is 0.605. The lowest BCUT2D eigenvalue weighted by Gasteiger charge is -2.33. The first-order valence-corrected chi connectivity index (χ1v) is 6.21. The van der Waals surface area contributed by atoms with Crippen LogP contribution in [-0.4, -0.2) is 48.7 Å². The van der Waals surface area contributed by atoms with Gasteiger partial charge in [0, 0.05) is 12.6 Å². The van der Waals surface area contributed by atoms with Gasteiger partial charge in [0.1, 0.15) is 0 Å². The largest absolute Gasteiger partial charge is 0.395 e. The monoisotopic (exact) mass is 228 g/mol. The first kappa shape index (κ1) is 13.5. The molecule has 16 heavy (non-hydrogen) atoms. The smallest absolute Gasteiger partial charge is 0.234 e. The minimum absolute atomic E-state index is 0.00942. The van der Waals surface area contributed by atoms with Crippen molar-refractivity contribution in [3.8, 4) is 0 Å². The van der Waals surface area contributed by atoms with E-state index in [1.165, 1.54) is 25.7 Å². The van der Waals surface area contributed by atoms with E-state index in [1.807, 2.05) is 7.05 Å². The van der Waals surface area contributed by atoms with Gasteiger partial charge in [-0.15, -0.1) is 0 Å². The fourth-order valence-corrected chi connectivity index (χ4v) is 2.29. The van der Waals surface area contributed by atoms with Gasteiger partial charge < -0.3 is 10.4 Å². The molecule has 0 heterocycles. The molecule has 0 atom stereocenters. The highest BCUT2D eigenvalue weighted by molar-refractivity contribution is 5.77. The van der Waals surface area contributed by atoms with Crippen LogP contribution in [0.25, 0.3) is 0 Å². The molecule has 0 aliphatic heterocycles. The van der Waals surface area contributed by atoms with Crippen molar-refractivity contribution in [3.63, 3.8) is 0 Å². The molecule has 0 radical (unpaired) electrons. The van der Waals surface area contributed by atoms with Gasteiger partial charge in [0.25, 0.3) is 0 Å². The first-order chi connectivity index (χ1) is 7.63. The molecule has 1 aliphatic carbocycles. The van der Waals surface area contributed by atoms with E-state index in [-0.39, 0.29) is 12.5 Å². The van der Waals surface area contributed by atoms with E-state index in [0.717, 1.165) is 5.92 Å². The molecular weight excluding hydrogens is 204 g/mol. The van der Waals surface area contributed by atoms with Gasteiger partial charge in [-0.25, -0.2) is 0 Å². The molecule has 0 bridgehead atoms. The minimum Gasteiger partial charge on any atom is -0.395 e. The Morgan fingerprint density at radius 1 is 1.38 bits per heavy atom. The second kappa shape index (κ2) is 6.86. The highest BCUT2D eigenvalue weighted by Gasteiger charge is 2.22. The van der Waals surface area contributed by atoms with E-state index < -0.39 is 0 Å². The average molecular weight is 228 g/mol. The number of aliphatic hydroxyl groups excluding tert-OH is 1. The number of likely N-dealkylation sites (N-methyl/N-ethyl adjacent to an activating group) is 1. The molecule has 1 amide bonds. The van der Waals surface area contributed by atoms with Gasteiger partial charge in [-0.05, 0) is 38.6 Å². The quantitative estimate of drug-likeness (QED) is 0.725. The summed E-state index contributed by atoms with van der Waals surface area (Å²) in [5.41, 5.74) is 0. The van der Waals surface area contributed by atoms with Gasteiger partial charge in [-0.3, -0.25) is 9.69 Å². The molecule has 4 heteroatoms. The van der Waals surface area contributed by atoms with Gasteiger partial charge in [0.05, 0.1) is 13.2 Å². The molecule has 1 aliphatic rings. The lowest BCUT2D eigenvalue weighted by Crippen LogP contribution is -2.42. The fourth-order valence-electron chi connectivity index (χ4n) is 2.29. The van der Waals surface area contributed by atoms with Crippen LogP contribution in [0.3, 0.4) is 0 Å². The van der Waals surface area contributed by atoms with E-state index >= 15 is 0 Å². The van der Waals surface area contributed by atoms with Crippen molar-refractivity contribution in [1.29, 1.82) is 0 Å². The Labute approximate surface area is 98.0 Å². The SMILES string of the molecule is CC1CCC(N(C)CC(=O)NCCO)CC1. The standard InChI is InChI=1S/C12H24N2O2/c1-10-3-5-11(6-4-10)14(2)9-12(16)13-7-8-15/h10-11,15H,3-9H2,1-2H3,(H,13,16). The maximum absolute atomic E-state index is 11.5. The summed E-state index contributed by atoms with van der Waals surface area (Å²) >= 11 is 0. The fraction of sp³-hybridized carbons (Fsp3) is 0.917. The molecule has 0 aromatic carbocycles. The third kappa shape index (κ3) is 4.49. The van der Waals surface area contributed by atoms with E-state index in [2.05, 4.69) is 17.1 Å². The van der Waals surface area contributed by atoms with Gasteiger partial charge in [-0.2, -0.15) is 0 Å². The van der Waals surface area contributed by atoms with Crippen molar-refractivity contribution in [1.82, 2.24) is 10.2 Å². The van der Waals surface area contributed by atoms with Crippen LogP contribution in [0.15, 0.2) is 0 Å². The second-order valence-corrected chi connectivity index (χ2v) is 4.90. The molecule has 0 unspecified atom stereocenters. The van der Waals surface area contributed by atoms with Crippen molar-refractivity contribution < 1.29 is 9.90 Å². The van der Waals surface area contributed by atoms with Crippen LogP contribution in [0.5, 0.6) is 0 Å². The van der Waals surface area contributed by atoms with Gasteiger partial charge in [-0.1, -0.05) is 6.92 Å². The summed E-state index contributed by atoms with van der Waals surface area (Å²) in [6.45, 7) is 3.11. The predicted molar refractivity (Wildman–Crippen MR) is 64.1 cm³/mol. The van der Waals surface area contributed by atoms with Crippen LogP contribution in [0.1, 0.15) is 32.6 Å². The third-order valence-corrected chi connectivity index (χ3v) is 3.44. The number of carbonyl (C=O) groups excluding carboxylic acids is 1. The normalized spacial score (nSPS) is 25.8. The summed E-state index contributed by atoms with van der Waals surface area (Å²) in [6, 6.07) is 0.552. The van der Waals surface area contributed by atoms with Crippen LogP contribution in [0, 0.1) is 5.92 Å². The van der Waals surface area contributed by atoms with E-state index in [1.54, 1.807) is 0 Å². The average Bonchev–Trinajstić information content (AvgIpc) is 2.27. The molecule has 0 spiro atoms. The van der Waals surface area contributed by atoms with Gasteiger partial charge in [0.2, 0.25) is 5.91 Å². The Morgan fingerprint density at radius 3 is 2.56 bits per heavy atom. The number of amides is 1. The van der Waals surface area contributed by atoms with E-state index in [9.17, 15) is 4.79 Å². The number of nitrogens with zero attached hydrogens (tertiary/aromatic N) is 1. The maximum atomic E-state index is 11.5. The molecule has 1 rings (SSSR count). The number of rotatable bonds is 5. The van der Waals surface area contributed by atoms with Crippen molar-refractivity contribution in [2.24, 2.45) is 5.92 Å². The number of nitrogens with one attached hydrogen (secondary N) is 1. The molecule has 2 N–H and O–H groups in total. The zero-order valence-electron chi connectivity index (χ0n) is 10.4. The van der Waals surface area contributed by atoms with Gasteiger partial charge >= 0.3 is 0 Å². The molecule has 0 saturated heterocycles. The maximum Gasteiger partial charge on any atom is 0.234 e. The van der Waals surface area contributed by atoms with Crippen LogP contribution in [0.2, 0.25) is 0 Å². The summed E-state index contributed by atoms with van der Waals surface area (Å²) in [4.78, 5) is 13.6. The van der Waals surface area contributed by atoms with Crippen LogP contribution >= 0.6 is 0 Å². The molecule has 1 saturated carbocycles. The zero-order chi connectivity index (χ0) is 12.0. The van der Waals surface area contributed by atoms with E-state index in [0.29, 0.717) is 19.1 Å². The Morgan fingerprint density at radius 2 is 2.00 bits per heavy atom. The number of aliphatic hydroxyl groups is 1. The van der Waals surface area contributed by atoms with Crippen molar-refractivity contribution in [3.05, 3.63) is 0 Å². The van der Waals surface area contributed by atoms with Crippen molar-refractivity contribution in [2.75, 3.05) is 26.7 Å². The zero-order valence-corrected chi connectivity index (χ0v) is 10.4. The van der Waals surface area contributed by atoms with Crippen LogP contribution in [0.4, 0.5) is 0 Å². The third-order valence-electron chi connectivity index (χ3n) is 3.44. The number of hydrogen-bond acceptors (Lipinski definition) is 3. The molecule has 1 fully saturated rings. The Balaban J connectivity index is 2.23. The number of hydrogen-bond donors (Lipinski definition) is 2. The van der Waals surface area contributed by atoms with Crippen LogP contribution < -0.4 is 5.32 Å². The van der Waals surface area contributed by atoms with E-state index in [4.69, 9.17) is 5.11 Å². The molecule has 0 aromatic heterocycles. The lowest BCUT2D eigenvalue weighted by molar-refractivity contribution is -0.122. The second-order valence-electron chi connectivity index (χ2n) is 4.90. The molecule has 94 valence electrons. The van der Waals surface area contributed by atoms with Crippen molar-refractivity contribution in [2.45, 2.75) is 38.6 Å². The minimum atomic E-state index is 0.00942. The summed E-state index contributed by atoms with van der Waals surface area (Å²) in [6.07, 6.45) is 4.94. The Bertz CT molecular complexity index is 213. The topological polar surface area (TPSA) is 52.6 Å². The molecular formula is C12H24N2O2. The summed E-state index contributed by atoms with van der Waals surface area (Å²) < 4.78 is 0. The first-order valence-electron chi connectivity index (χ1n) is 6.21. The highest BCUT2D eigenvalue weighted by atomic mass is 16.3. The van der Waals surface area contributed by atoms with Crippen molar-refractivity contribution >= 4 is 5.91 Å². The Kier molecular flexibility index (Phi) is 5.77. The van der Waals surface area contributed by atoms with Crippen LogP contribution in [-0.2, 0) is 4.79 Å². The summed E-state index contributed by atoms with van der Waals surface area (Å²) in [5, 5.41) is 11.3. The summed E-state index contributed by atoms with van der Waals surface area (Å²) in [5.74, 6) is 0.850. The van der Waals surface area contributed by atoms with Gasteiger partial charge in [0.15, 0.2) is 0 Å². The molecule has 4 nitrogen and oxygen atoms in total. The number of carbonyl (C=O) groups is 1. The molecule has 0 aromatic rings. The highest BCUT2D eigenvalue weighted by Crippen LogP contribution is 2.26. The summed E-state index contributed by atoms with van der Waals surface area (Å²) in [7, 11) is 2.01. The lowest BCUT2D eigenvalue weighted by atomic mass is 9.87. The Hall–Kier alpha value is -0.610.